The summed E-state index contributed by atoms with van der Waals surface area (Å²) in [6, 6.07) is 4.94. The van der Waals surface area contributed by atoms with E-state index >= 15 is 0 Å². The molecule has 0 bridgehead atoms. The van der Waals surface area contributed by atoms with Crippen molar-refractivity contribution >= 4 is 29.1 Å². The number of nitrogens with one attached hydrogen (secondary N) is 2. The van der Waals surface area contributed by atoms with Crippen molar-refractivity contribution in [3.63, 3.8) is 0 Å². The van der Waals surface area contributed by atoms with Crippen molar-refractivity contribution < 1.29 is 14.3 Å². The second-order valence-corrected chi connectivity index (χ2v) is 4.75. The van der Waals surface area contributed by atoms with Crippen LogP contribution in [-0.4, -0.2) is 31.0 Å². The fourth-order valence-corrected chi connectivity index (χ4v) is 1.61. The molecule has 7 heteroatoms. The highest BCUT2D eigenvalue weighted by Crippen LogP contribution is 2.28. The Morgan fingerprint density at radius 3 is 2.60 bits per heavy atom. The van der Waals surface area contributed by atoms with Crippen LogP contribution >= 0.6 is 11.6 Å². The third-order valence-electron chi connectivity index (χ3n) is 2.21. The standard InChI is InChI=1S/C13H18ClN3O3/c1-8(2)20-11-4-3-9(5-10(11)14)17-13(19)7-16-12(18)6-15/h3-5,8H,6-7,15H2,1-2H3,(H,16,18)(H,17,19). The third kappa shape index (κ3) is 5.46. The largest absolute Gasteiger partial charge is 0.489 e. The van der Waals surface area contributed by atoms with Gasteiger partial charge in [-0.15, -0.1) is 0 Å². The van der Waals surface area contributed by atoms with Gasteiger partial charge < -0.3 is 21.1 Å². The molecule has 1 aromatic rings. The Hall–Kier alpha value is -1.79. The van der Waals surface area contributed by atoms with Crippen LogP contribution in [0.25, 0.3) is 0 Å². The van der Waals surface area contributed by atoms with Crippen molar-refractivity contribution in [2.75, 3.05) is 18.4 Å². The van der Waals surface area contributed by atoms with Crippen LogP contribution in [0, 0.1) is 0 Å². The molecule has 110 valence electrons. The minimum Gasteiger partial charge on any atom is -0.489 e. The van der Waals surface area contributed by atoms with Gasteiger partial charge in [-0.25, -0.2) is 0 Å². The molecule has 20 heavy (non-hydrogen) atoms. The van der Waals surface area contributed by atoms with E-state index in [2.05, 4.69) is 10.6 Å². The second-order valence-electron chi connectivity index (χ2n) is 4.34. The van der Waals surface area contributed by atoms with E-state index in [1.165, 1.54) is 0 Å². The minimum absolute atomic E-state index is 0.0133. The second kappa shape index (κ2) is 7.72. The summed E-state index contributed by atoms with van der Waals surface area (Å²) in [6.45, 7) is 3.50. The molecule has 0 atom stereocenters. The first-order valence-corrected chi connectivity index (χ1v) is 6.53. The monoisotopic (exact) mass is 299 g/mol. The van der Waals surface area contributed by atoms with Gasteiger partial charge in [0.25, 0.3) is 0 Å². The lowest BCUT2D eigenvalue weighted by Crippen LogP contribution is -2.36. The quantitative estimate of drug-likeness (QED) is 0.734. The molecule has 0 saturated heterocycles. The smallest absolute Gasteiger partial charge is 0.243 e. The Labute approximate surface area is 122 Å². The molecule has 0 saturated carbocycles. The molecule has 1 rings (SSSR count). The Morgan fingerprint density at radius 1 is 1.35 bits per heavy atom. The summed E-state index contributed by atoms with van der Waals surface area (Å²) < 4.78 is 5.48. The summed E-state index contributed by atoms with van der Waals surface area (Å²) in [6.07, 6.45) is 0.0133. The Morgan fingerprint density at radius 2 is 2.05 bits per heavy atom. The first kappa shape index (κ1) is 16.3. The number of carbonyl (C=O) groups excluding carboxylic acids is 2. The van der Waals surface area contributed by atoms with Crippen molar-refractivity contribution in [2.45, 2.75) is 20.0 Å². The van der Waals surface area contributed by atoms with Gasteiger partial charge in [0, 0.05) is 5.69 Å². The van der Waals surface area contributed by atoms with Gasteiger partial charge in [-0.3, -0.25) is 9.59 Å². The number of nitrogens with two attached hydrogens (primary N) is 1. The molecule has 0 unspecified atom stereocenters. The van der Waals surface area contributed by atoms with E-state index in [1.54, 1.807) is 18.2 Å². The Bertz CT molecular complexity index is 492. The highest BCUT2D eigenvalue weighted by molar-refractivity contribution is 6.32. The van der Waals surface area contributed by atoms with E-state index in [0.29, 0.717) is 16.5 Å². The Balaban J connectivity index is 2.58. The van der Waals surface area contributed by atoms with Gasteiger partial charge in [0.1, 0.15) is 5.75 Å². The lowest BCUT2D eigenvalue weighted by atomic mass is 10.3. The van der Waals surface area contributed by atoms with E-state index in [0.717, 1.165) is 0 Å². The molecular formula is C13H18ClN3O3. The van der Waals surface area contributed by atoms with Gasteiger partial charge >= 0.3 is 0 Å². The van der Waals surface area contributed by atoms with E-state index in [-0.39, 0.29) is 31.0 Å². The molecule has 2 amide bonds. The van der Waals surface area contributed by atoms with Crippen LogP contribution in [0.15, 0.2) is 18.2 Å². The van der Waals surface area contributed by atoms with E-state index in [4.69, 9.17) is 22.1 Å². The number of benzene rings is 1. The highest BCUT2D eigenvalue weighted by Gasteiger charge is 2.08. The summed E-state index contributed by atoms with van der Waals surface area (Å²) >= 11 is 6.04. The molecule has 0 aliphatic carbocycles. The minimum atomic E-state index is -0.390. The summed E-state index contributed by atoms with van der Waals surface area (Å²) in [5.41, 5.74) is 5.64. The lowest BCUT2D eigenvalue weighted by molar-refractivity contribution is -0.123. The van der Waals surface area contributed by atoms with Crippen LogP contribution in [0.1, 0.15) is 13.8 Å². The third-order valence-corrected chi connectivity index (χ3v) is 2.51. The predicted molar refractivity (Wildman–Crippen MR) is 77.9 cm³/mol. The van der Waals surface area contributed by atoms with Gasteiger partial charge in [0.2, 0.25) is 11.8 Å². The SMILES string of the molecule is CC(C)Oc1ccc(NC(=O)CNC(=O)CN)cc1Cl. The van der Waals surface area contributed by atoms with Crippen LogP contribution < -0.4 is 21.1 Å². The fraction of sp³-hybridized carbons (Fsp3) is 0.385. The number of carbonyl (C=O) groups is 2. The average Bonchev–Trinajstić information content (AvgIpc) is 2.38. The maximum absolute atomic E-state index is 11.6. The van der Waals surface area contributed by atoms with Crippen LogP contribution in [0.2, 0.25) is 5.02 Å². The number of hydrogen-bond donors (Lipinski definition) is 3. The van der Waals surface area contributed by atoms with E-state index < -0.39 is 0 Å². The van der Waals surface area contributed by atoms with Crippen LogP contribution in [0.3, 0.4) is 0 Å². The highest BCUT2D eigenvalue weighted by atomic mass is 35.5. The lowest BCUT2D eigenvalue weighted by Gasteiger charge is -2.12. The number of anilines is 1. The van der Waals surface area contributed by atoms with Crippen molar-refractivity contribution in [1.29, 1.82) is 0 Å². The molecule has 1 aromatic carbocycles. The van der Waals surface area contributed by atoms with Gasteiger partial charge in [-0.2, -0.15) is 0 Å². The van der Waals surface area contributed by atoms with Gasteiger partial charge in [-0.1, -0.05) is 11.6 Å². The zero-order chi connectivity index (χ0) is 15.1. The molecule has 0 aliphatic heterocycles. The van der Waals surface area contributed by atoms with Crippen molar-refractivity contribution in [3.05, 3.63) is 23.2 Å². The molecule has 0 aliphatic rings. The molecule has 0 radical (unpaired) electrons. The van der Waals surface area contributed by atoms with Gasteiger partial charge in [0.15, 0.2) is 0 Å². The van der Waals surface area contributed by atoms with Crippen LogP contribution in [-0.2, 0) is 9.59 Å². The molecule has 6 nitrogen and oxygen atoms in total. The average molecular weight is 300 g/mol. The topological polar surface area (TPSA) is 93.5 Å². The van der Waals surface area contributed by atoms with Crippen molar-refractivity contribution in [1.82, 2.24) is 5.32 Å². The number of amides is 2. The normalized spacial score (nSPS) is 10.2. The number of halogens is 1. The summed E-state index contributed by atoms with van der Waals surface area (Å²) in [5.74, 6) is -0.199. The molecule has 0 spiro atoms. The molecule has 0 fully saturated rings. The fourth-order valence-electron chi connectivity index (χ4n) is 1.38. The summed E-state index contributed by atoms with van der Waals surface area (Å²) in [4.78, 5) is 22.5. The first-order valence-electron chi connectivity index (χ1n) is 6.15. The predicted octanol–water partition coefficient (Wildman–Crippen LogP) is 1.14. The first-order chi connectivity index (χ1) is 9.42. The number of rotatable bonds is 6. The molecule has 4 N–H and O–H groups in total. The van der Waals surface area contributed by atoms with E-state index in [1.807, 2.05) is 13.8 Å². The van der Waals surface area contributed by atoms with E-state index in [9.17, 15) is 9.59 Å². The van der Waals surface area contributed by atoms with Gasteiger partial charge in [0.05, 0.1) is 24.2 Å². The molecule has 0 heterocycles. The Kier molecular flexibility index (Phi) is 6.27. The zero-order valence-corrected chi connectivity index (χ0v) is 12.2. The molecular weight excluding hydrogens is 282 g/mol. The van der Waals surface area contributed by atoms with Crippen LogP contribution in [0.4, 0.5) is 5.69 Å². The van der Waals surface area contributed by atoms with Crippen molar-refractivity contribution in [2.24, 2.45) is 5.73 Å². The van der Waals surface area contributed by atoms with Gasteiger partial charge in [-0.05, 0) is 32.0 Å². The number of ether oxygens (including phenoxy) is 1. The summed E-state index contributed by atoms with van der Waals surface area (Å²) in [7, 11) is 0. The maximum Gasteiger partial charge on any atom is 0.243 e. The van der Waals surface area contributed by atoms with Crippen molar-refractivity contribution in [3.8, 4) is 5.75 Å². The van der Waals surface area contributed by atoms with Crippen LogP contribution in [0.5, 0.6) is 5.75 Å². The zero-order valence-electron chi connectivity index (χ0n) is 11.4. The maximum atomic E-state index is 11.6. The number of hydrogen-bond acceptors (Lipinski definition) is 4. The molecule has 0 aromatic heterocycles. The summed E-state index contributed by atoms with van der Waals surface area (Å²) in [5, 5.41) is 5.38.